The van der Waals surface area contributed by atoms with Gasteiger partial charge in [0, 0.05) is 17.2 Å². The van der Waals surface area contributed by atoms with E-state index in [1.165, 1.54) is 6.39 Å². The van der Waals surface area contributed by atoms with E-state index in [0.29, 0.717) is 5.82 Å². The minimum absolute atomic E-state index is 0. The molecule has 0 bridgehead atoms. The number of hydrogen-bond donors (Lipinski definition) is 2. The number of carbonyl (C=O) groups is 1. The summed E-state index contributed by atoms with van der Waals surface area (Å²) in [5.74, 6) is 0.744. The van der Waals surface area contributed by atoms with Gasteiger partial charge in [0.25, 0.3) is 0 Å². The first kappa shape index (κ1) is 15.5. The Morgan fingerprint density at radius 1 is 1.24 bits per heavy atom. The molecule has 1 aromatic carbocycles. The highest BCUT2D eigenvalue weighted by molar-refractivity contribution is 5.92. The zero-order chi connectivity index (χ0) is 13.8. The third-order valence-electron chi connectivity index (χ3n) is 3.48. The minimum atomic E-state index is 0. The van der Waals surface area contributed by atoms with Gasteiger partial charge in [-0.15, -0.1) is 12.4 Å². The number of nitrogens with one attached hydrogen (secondary N) is 2. The van der Waals surface area contributed by atoms with Crippen LogP contribution in [0.1, 0.15) is 12.8 Å². The van der Waals surface area contributed by atoms with E-state index in [0.717, 1.165) is 37.2 Å². The number of amides is 1. The van der Waals surface area contributed by atoms with Crippen LogP contribution in [0.5, 0.6) is 0 Å². The molecule has 0 aliphatic carbocycles. The average Bonchev–Trinajstić information content (AvgIpc) is 3.03. The summed E-state index contributed by atoms with van der Waals surface area (Å²) in [6.07, 6.45) is 3.09. The van der Waals surface area contributed by atoms with Crippen molar-refractivity contribution in [3.63, 3.8) is 0 Å². The van der Waals surface area contributed by atoms with E-state index < -0.39 is 0 Å². The van der Waals surface area contributed by atoms with E-state index in [1.54, 1.807) is 0 Å². The van der Waals surface area contributed by atoms with Gasteiger partial charge in [0.1, 0.15) is 0 Å². The fraction of sp³-hybridized carbons (Fsp3) is 0.357. The van der Waals surface area contributed by atoms with Crippen LogP contribution >= 0.6 is 12.4 Å². The summed E-state index contributed by atoms with van der Waals surface area (Å²) in [5, 5.41) is 9.98. The number of nitrogens with zero attached hydrogens (tertiary/aromatic N) is 2. The van der Waals surface area contributed by atoms with Gasteiger partial charge in [-0.3, -0.25) is 4.79 Å². The average molecular weight is 309 g/mol. The molecule has 1 saturated heterocycles. The first-order valence-corrected chi connectivity index (χ1v) is 6.71. The van der Waals surface area contributed by atoms with Gasteiger partial charge in [-0.05, 0) is 50.2 Å². The second-order valence-corrected chi connectivity index (χ2v) is 4.85. The van der Waals surface area contributed by atoms with Gasteiger partial charge in [-0.1, -0.05) is 5.16 Å². The Bertz CT molecular complexity index is 565. The molecule has 0 saturated carbocycles. The Hall–Kier alpha value is -1.92. The lowest BCUT2D eigenvalue weighted by atomic mass is 9.97. The Balaban J connectivity index is 0.00000161. The van der Waals surface area contributed by atoms with Crippen LogP contribution in [-0.4, -0.2) is 29.1 Å². The van der Waals surface area contributed by atoms with Crippen LogP contribution in [0.25, 0.3) is 11.4 Å². The summed E-state index contributed by atoms with van der Waals surface area (Å²) in [4.78, 5) is 16.1. The summed E-state index contributed by atoms with van der Waals surface area (Å²) in [7, 11) is 0. The Morgan fingerprint density at radius 3 is 2.57 bits per heavy atom. The van der Waals surface area contributed by atoms with Crippen molar-refractivity contribution < 1.29 is 9.32 Å². The lowest BCUT2D eigenvalue weighted by Gasteiger charge is -2.21. The van der Waals surface area contributed by atoms with Gasteiger partial charge >= 0.3 is 0 Å². The first-order valence-electron chi connectivity index (χ1n) is 6.71. The standard InChI is InChI=1S/C14H16N4O2.ClH/c19-14(11-5-7-15-8-6-11)17-12-3-1-10(2-4-12)13-16-9-20-18-13;/h1-4,9,11,15H,5-8H2,(H,17,19);1H. The zero-order valence-electron chi connectivity index (χ0n) is 11.4. The second-order valence-electron chi connectivity index (χ2n) is 4.85. The molecule has 0 atom stereocenters. The van der Waals surface area contributed by atoms with Crippen molar-refractivity contribution in [3.8, 4) is 11.4 Å². The second kappa shape index (κ2) is 7.19. The fourth-order valence-corrected chi connectivity index (χ4v) is 2.33. The molecule has 2 N–H and O–H groups in total. The van der Waals surface area contributed by atoms with Crippen molar-refractivity contribution in [1.82, 2.24) is 15.5 Å². The minimum Gasteiger partial charge on any atom is -0.342 e. The van der Waals surface area contributed by atoms with Crippen molar-refractivity contribution in [2.24, 2.45) is 5.92 Å². The summed E-state index contributed by atoms with van der Waals surface area (Å²) in [6, 6.07) is 7.43. The van der Waals surface area contributed by atoms with Gasteiger partial charge in [0.05, 0.1) is 0 Å². The molecule has 1 aliphatic heterocycles. The lowest BCUT2D eigenvalue weighted by Crippen LogP contribution is -2.34. The van der Waals surface area contributed by atoms with E-state index in [9.17, 15) is 4.79 Å². The maximum Gasteiger partial charge on any atom is 0.227 e. The SMILES string of the molecule is Cl.O=C(Nc1ccc(-c2ncon2)cc1)C1CCNCC1. The number of rotatable bonds is 3. The molecule has 1 aliphatic rings. The summed E-state index contributed by atoms with van der Waals surface area (Å²) in [6.45, 7) is 1.82. The van der Waals surface area contributed by atoms with E-state index in [4.69, 9.17) is 4.52 Å². The normalized spacial score (nSPS) is 15.2. The van der Waals surface area contributed by atoms with Gasteiger partial charge < -0.3 is 15.2 Å². The number of anilines is 1. The molecule has 0 unspecified atom stereocenters. The Labute approximate surface area is 128 Å². The lowest BCUT2D eigenvalue weighted by molar-refractivity contribution is -0.120. The van der Waals surface area contributed by atoms with E-state index in [-0.39, 0.29) is 24.2 Å². The maximum absolute atomic E-state index is 12.1. The Kier molecular flexibility index (Phi) is 5.30. The summed E-state index contributed by atoms with van der Waals surface area (Å²) >= 11 is 0. The van der Waals surface area contributed by atoms with Crippen LogP contribution in [0.2, 0.25) is 0 Å². The van der Waals surface area contributed by atoms with Gasteiger partial charge in [-0.25, -0.2) is 0 Å². The predicted octanol–water partition coefficient (Wildman–Crippen LogP) is 2.10. The van der Waals surface area contributed by atoms with Gasteiger partial charge in [-0.2, -0.15) is 4.98 Å². The molecule has 2 aromatic rings. The number of carbonyl (C=O) groups excluding carboxylic acids is 1. The molecule has 1 amide bonds. The van der Waals surface area contributed by atoms with Crippen molar-refractivity contribution in [1.29, 1.82) is 0 Å². The number of benzene rings is 1. The monoisotopic (exact) mass is 308 g/mol. The van der Waals surface area contributed by atoms with E-state index in [1.807, 2.05) is 24.3 Å². The molecule has 112 valence electrons. The Morgan fingerprint density at radius 2 is 1.95 bits per heavy atom. The molecule has 0 spiro atoms. The first-order chi connectivity index (χ1) is 9.83. The fourth-order valence-electron chi connectivity index (χ4n) is 2.33. The highest BCUT2D eigenvalue weighted by Gasteiger charge is 2.20. The van der Waals surface area contributed by atoms with Crippen molar-refractivity contribution >= 4 is 24.0 Å². The smallest absolute Gasteiger partial charge is 0.227 e. The third kappa shape index (κ3) is 3.80. The molecule has 2 heterocycles. The van der Waals surface area contributed by atoms with Crippen LogP contribution in [0, 0.1) is 5.92 Å². The molecule has 1 aromatic heterocycles. The number of halogens is 1. The van der Waals surface area contributed by atoms with E-state index in [2.05, 4.69) is 20.8 Å². The molecule has 21 heavy (non-hydrogen) atoms. The van der Waals surface area contributed by atoms with Crippen LogP contribution in [-0.2, 0) is 4.79 Å². The zero-order valence-corrected chi connectivity index (χ0v) is 12.2. The van der Waals surface area contributed by atoms with Crippen LogP contribution in [0.15, 0.2) is 35.2 Å². The van der Waals surface area contributed by atoms with Crippen LogP contribution in [0.4, 0.5) is 5.69 Å². The maximum atomic E-state index is 12.1. The highest BCUT2D eigenvalue weighted by Crippen LogP contribution is 2.19. The third-order valence-corrected chi connectivity index (χ3v) is 3.48. The van der Waals surface area contributed by atoms with Crippen molar-refractivity contribution in [2.45, 2.75) is 12.8 Å². The number of piperidine rings is 1. The molecule has 3 rings (SSSR count). The molecular formula is C14H17ClN4O2. The van der Waals surface area contributed by atoms with Crippen LogP contribution in [0.3, 0.4) is 0 Å². The summed E-state index contributed by atoms with van der Waals surface area (Å²) < 4.78 is 4.71. The molecule has 0 radical (unpaired) electrons. The van der Waals surface area contributed by atoms with Crippen LogP contribution < -0.4 is 10.6 Å². The predicted molar refractivity (Wildman–Crippen MR) is 81.2 cm³/mol. The van der Waals surface area contributed by atoms with Crippen molar-refractivity contribution in [3.05, 3.63) is 30.7 Å². The molecular weight excluding hydrogens is 292 g/mol. The van der Waals surface area contributed by atoms with E-state index >= 15 is 0 Å². The van der Waals surface area contributed by atoms with Gasteiger partial charge in [0.2, 0.25) is 18.1 Å². The quantitative estimate of drug-likeness (QED) is 0.907. The molecule has 6 nitrogen and oxygen atoms in total. The highest BCUT2D eigenvalue weighted by atomic mass is 35.5. The molecule has 7 heteroatoms. The molecule has 1 fully saturated rings. The summed E-state index contributed by atoms with van der Waals surface area (Å²) in [5.41, 5.74) is 1.65. The number of aromatic nitrogens is 2. The van der Waals surface area contributed by atoms with Gasteiger partial charge in [0.15, 0.2) is 0 Å². The topological polar surface area (TPSA) is 80.1 Å². The largest absolute Gasteiger partial charge is 0.342 e. The number of hydrogen-bond acceptors (Lipinski definition) is 5. The van der Waals surface area contributed by atoms with Crippen molar-refractivity contribution in [2.75, 3.05) is 18.4 Å².